The molecule has 20 heavy (non-hydrogen) atoms. The quantitative estimate of drug-likeness (QED) is 0.802. The van der Waals surface area contributed by atoms with Crippen molar-refractivity contribution < 1.29 is 12.8 Å². The van der Waals surface area contributed by atoms with Crippen molar-refractivity contribution in [1.82, 2.24) is 14.5 Å². The molecule has 0 unspecified atom stereocenters. The number of hydrogen-bond donors (Lipinski definition) is 2. The summed E-state index contributed by atoms with van der Waals surface area (Å²) in [5.74, 6) is -0.868. The maximum Gasteiger partial charge on any atom is 0.245 e. The molecule has 0 fully saturated rings. The van der Waals surface area contributed by atoms with Gasteiger partial charge in [-0.3, -0.25) is 4.68 Å². The first kappa shape index (κ1) is 14.5. The smallest absolute Gasteiger partial charge is 0.245 e. The van der Waals surface area contributed by atoms with E-state index in [1.165, 1.54) is 12.1 Å². The SMILES string of the molecule is Cc1cnn(CCNS(=O)(=O)c2c(N)cccc2F)c1. The van der Waals surface area contributed by atoms with Gasteiger partial charge in [0.05, 0.1) is 18.4 Å². The summed E-state index contributed by atoms with van der Waals surface area (Å²) < 4.78 is 41.5. The topological polar surface area (TPSA) is 90.0 Å². The van der Waals surface area contributed by atoms with Gasteiger partial charge < -0.3 is 5.73 Å². The molecule has 3 N–H and O–H groups in total. The second-order valence-corrected chi connectivity index (χ2v) is 6.04. The maximum absolute atomic E-state index is 13.6. The highest BCUT2D eigenvalue weighted by atomic mass is 32.2. The molecule has 2 aromatic rings. The highest BCUT2D eigenvalue weighted by molar-refractivity contribution is 7.89. The minimum absolute atomic E-state index is 0.0945. The number of nitrogens with zero attached hydrogens (tertiary/aromatic N) is 2. The number of aryl methyl sites for hydroxylation is 1. The largest absolute Gasteiger partial charge is 0.398 e. The average molecular weight is 298 g/mol. The Balaban J connectivity index is 2.08. The molecule has 0 aliphatic carbocycles. The second-order valence-electron chi connectivity index (χ2n) is 4.34. The molecule has 1 heterocycles. The Morgan fingerprint density at radius 3 is 2.80 bits per heavy atom. The van der Waals surface area contributed by atoms with Gasteiger partial charge in [-0.1, -0.05) is 6.07 Å². The molecule has 0 saturated carbocycles. The highest BCUT2D eigenvalue weighted by Gasteiger charge is 2.21. The summed E-state index contributed by atoms with van der Waals surface area (Å²) in [7, 11) is -3.98. The van der Waals surface area contributed by atoms with E-state index in [-0.39, 0.29) is 12.2 Å². The second kappa shape index (κ2) is 5.59. The van der Waals surface area contributed by atoms with Gasteiger partial charge in [-0.25, -0.2) is 17.5 Å². The first-order valence-corrected chi connectivity index (χ1v) is 7.41. The zero-order chi connectivity index (χ0) is 14.8. The minimum Gasteiger partial charge on any atom is -0.398 e. The van der Waals surface area contributed by atoms with Crippen LogP contribution in [0.4, 0.5) is 10.1 Å². The van der Waals surface area contributed by atoms with Crippen LogP contribution in [-0.2, 0) is 16.6 Å². The van der Waals surface area contributed by atoms with E-state index in [1.54, 1.807) is 17.1 Å². The van der Waals surface area contributed by atoms with Crippen molar-refractivity contribution in [2.75, 3.05) is 12.3 Å². The van der Waals surface area contributed by atoms with Crippen molar-refractivity contribution >= 4 is 15.7 Å². The standard InChI is InChI=1S/C12H15FN4O2S/c1-9-7-15-17(8-9)6-5-16-20(18,19)12-10(13)3-2-4-11(12)14/h2-4,7-8,16H,5-6,14H2,1H3. The number of benzene rings is 1. The van der Waals surface area contributed by atoms with E-state index >= 15 is 0 Å². The van der Waals surface area contributed by atoms with Crippen molar-refractivity contribution in [2.24, 2.45) is 0 Å². The summed E-state index contributed by atoms with van der Waals surface area (Å²) in [6.45, 7) is 2.33. The fourth-order valence-corrected chi connectivity index (χ4v) is 2.97. The van der Waals surface area contributed by atoms with Crippen LogP contribution in [0.25, 0.3) is 0 Å². The van der Waals surface area contributed by atoms with Crippen LogP contribution in [-0.4, -0.2) is 24.7 Å². The first-order chi connectivity index (χ1) is 9.40. The minimum atomic E-state index is -3.98. The number of nitrogen functional groups attached to an aromatic ring is 1. The number of hydrogen-bond acceptors (Lipinski definition) is 4. The highest BCUT2D eigenvalue weighted by Crippen LogP contribution is 2.21. The number of aromatic nitrogens is 2. The van der Waals surface area contributed by atoms with Crippen molar-refractivity contribution in [3.63, 3.8) is 0 Å². The number of anilines is 1. The lowest BCUT2D eigenvalue weighted by molar-refractivity contribution is 0.546. The normalized spacial score (nSPS) is 11.7. The van der Waals surface area contributed by atoms with Gasteiger partial charge in [-0.15, -0.1) is 0 Å². The summed E-state index contributed by atoms with van der Waals surface area (Å²) in [6, 6.07) is 3.76. The van der Waals surface area contributed by atoms with Gasteiger partial charge >= 0.3 is 0 Å². The van der Waals surface area contributed by atoms with Gasteiger partial charge in [0, 0.05) is 12.7 Å². The number of nitrogens with one attached hydrogen (secondary N) is 1. The molecule has 1 aromatic heterocycles. The fourth-order valence-electron chi connectivity index (χ4n) is 1.77. The molecule has 0 amide bonds. The predicted octanol–water partition coefficient (Wildman–Crippen LogP) is 0.891. The molecule has 0 radical (unpaired) electrons. The van der Waals surface area contributed by atoms with Gasteiger partial charge in [-0.2, -0.15) is 5.10 Å². The van der Waals surface area contributed by atoms with E-state index < -0.39 is 20.7 Å². The summed E-state index contributed by atoms with van der Waals surface area (Å²) >= 11 is 0. The molecule has 6 nitrogen and oxygen atoms in total. The zero-order valence-corrected chi connectivity index (χ0v) is 11.7. The van der Waals surface area contributed by atoms with Gasteiger partial charge in [0.25, 0.3) is 0 Å². The summed E-state index contributed by atoms with van der Waals surface area (Å²) in [4.78, 5) is -0.517. The van der Waals surface area contributed by atoms with E-state index in [9.17, 15) is 12.8 Å². The maximum atomic E-state index is 13.6. The summed E-state index contributed by atoms with van der Waals surface area (Å²) in [5.41, 5.74) is 6.38. The monoisotopic (exact) mass is 298 g/mol. The Morgan fingerprint density at radius 2 is 2.20 bits per heavy atom. The fraction of sp³-hybridized carbons (Fsp3) is 0.250. The molecule has 0 atom stereocenters. The Morgan fingerprint density at radius 1 is 1.45 bits per heavy atom. The molecule has 0 aliphatic heterocycles. The number of sulfonamides is 1. The molecular weight excluding hydrogens is 283 g/mol. The first-order valence-electron chi connectivity index (χ1n) is 5.93. The van der Waals surface area contributed by atoms with Gasteiger partial charge in [0.15, 0.2) is 0 Å². The van der Waals surface area contributed by atoms with Gasteiger partial charge in [0.2, 0.25) is 10.0 Å². The van der Waals surface area contributed by atoms with E-state index in [2.05, 4.69) is 9.82 Å². The lowest BCUT2D eigenvalue weighted by atomic mass is 10.3. The molecule has 2 rings (SSSR count). The molecule has 108 valence electrons. The average Bonchev–Trinajstić information content (AvgIpc) is 2.74. The van der Waals surface area contributed by atoms with E-state index in [0.717, 1.165) is 11.6 Å². The Bertz CT molecular complexity index is 692. The predicted molar refractivity (Wildman–Crippen MR) is 73.0 cm³/mol. The molecule has 1 aromatic carbocycles. The van der Waals surface area contributed by atoms with Crippen LogP contribution >= 0.6 is 0 Å². The van der Waals surface area contributed by atoms with Crippen LogP contribution in [0.5, 0.6) is 0 Å². The van der Waals surface area contributed by atoms with Gasteiger partial charge in [0.1, 0.15) is 10.7 Å². The van der Waals surface area contributed by atoms with E-state index in [4.69, 9.17) is 5.73 Å². The van der Waals surface area contributed by atoms with Crippen molar-refractivity contribution in [3.8, 4) is 0 Å². The number of halogens is 1. The van der Waals surface area contributed by atoms with E-state index in [1.807, 2.05) is 6.92 Å². The molecule has 8 heteroatoms. The number of rotatable bonds is 5. The summed E-state index contributed by atoms with van der Waals surface area (Å²) in [5, 5.41) is 4.03. The van der Waals surface area contributed by atoms with Crippen molar-refractivity contribution in [3.05, 3.63) is 42.0 Å². The van der Waals surface area contributed by atoms with Crippen LogP contribution in [0.1, 0.15) is 5.56 Å². The van der Waals surface area contributed by atoms with Gasteiger partial charge in [-0.05, 0) is 24.6 Å². The van der Waals surface area contributed by atoms with Crippen molar-refractivity contribution in [2.45, 2.75) is 18.4 Å². The van der Waals surface area contributed by atoms with Crippen LogP contribution < -0.4 is 10.5 Å². The lowest BCUT2D eigenvalue weighted by Crippen LogP contribution is -2.29. The molecule has 0 bridgehead atoms. The van der Waals surface area contributed by atoms with Crippen molar-refractivity contribution in [1.29, 1.82) is 0 Å². The molecular formula is C12H15FN4O2S. The van der Waals surface area contributed by atoms with Crippen LogP contribution in [0.3, 0.4) is 0 Å². The van der Waals surface area contributed by atoms with Crippen LogP contribution in [0, 0.1) is 12.7 Å². The Hall–Kier alpha value is -1.93. The zero-order valence-electron chi connectivity index (χ0n) is 10.9. The summed E-state index contributed by atoms with van der Waals surface area (Å²) in [6.07, 6.45) is 3.45. The molecule has 0 saturated heterocycles. The van der Waals surface area contributed by atoms with Crippen LogP contribution in [0.15, 0.2) is 35.5 Å². The Kier molecular flexibility index (Phi) is 4.05. The molecule has 0 aliphatic rings. The lowest BCUT2D eigenvalue weighted by Gasteiger charge is -2.09. The third-order valence-electron chi connectivity index (χ3n) is 2.66. The van der Waals surface area contributed by atoms with E-state index in [0.29, 0.717) is 6.54 Å². The number of nitrogens with two attached hydrogens (primary N) is 1. The van der Waals surface area contributed by atoms with Crippen LogP contribution in [0.2, 0.25) is 0 Å². The Labute approximate surface area is 116 Å². The molecule has 0 spiro atoms. The third kappa shape index (κ3) is 3.14. The third-order valence-corrected chi connectivity index (χ3v) is 4.21.